The highest BCUT2D eigenvalue weighted by molar-refractivity contribution is 5.58. The Morgan fingerprint density at radius 1 is 1.06 bits per heavy atom. The van der Waals surface area contributed by atoms with Crippen LogP contribution >= 0.6 is 0 Å². The number of nitrogens with zero attached hydrogens (tertiary/aromatic N) is 2. The molecule has 0 atom stereocenters. The summed E-state index contributed by atoms with van der Waals surface area (Å²) in [4.78, 5) is 13.8. The van der Waals surface area contributed by atoms with Gasteiger partial charge in [0.2, 0.25) is 6.08 Å². The van der Waals surface area contributed by atoms with Crippen molar-refractivity contribution in [3.8, 4) is 17.6 Å². The molecule has 0 aliphatic heterocycles. The zero-order chi connectivity index (χ0) is 12.8. The largest absolute Gasteiger partial charge is 0.455 e. The third kappa shape index (κ3) is 2.62. The fourth-order valence-electron chi connectivity index (χ4n) is 1.41. The average Bonchev–Trinajstić information content (AvgIpc) is 2.42. The molecule has 0 aliphatic rings. The van der Waals surface area contributed by atoms with E-state index in [1.54, 1.807) is 48.5 Å². The number of isocyanates is 1. The van der Waals surface area contributed by atoms with Crippen LogP contribution in [-0.2, 0) is 4.79 Å². The summed E-state index contributed by atoms with van der Waals surface area (Å²) in [6.07, 6.45) is 1.48. The van der Waals surface area contributed by atoms with Gasteiger partial charge in [-0.05, 0) is 36.4 Å². The summed E-state index contributed by atoms with van der Waals surface area (Å²) in [5.41, 5.74) is 0.971. The number of hydrogen-bond acceptors (Lipinski definition) is 4. The molecule has 4 nitrogen and oxygen atoms in total. The van der Waals surface area contributed by atoms with Crippen molar-refractivity contribution in [2.75, 3.05) is 0 Å². The van der Waals surface area contributed by atoms with E-state index in [4.69, 9.17) is 10.00 Å². The van der Waals surface area contributed by atoms with E-state index in [1.165, 1.54) is 6.08 Å². The highest BCUT2D eigenvalue weighted by atomic mass is 16.5. The van der Waals surface area contributed by atoms with Gasteiger partial charge in [0.1, 0.15) is 11.4 Å². The Morgan fingerprint density at radius 2 is 1.78 bits per heavy atom. The van der Waals surface area contributed by atoms with E-state index in [1.807, 2.05) is 6.07 Å². The summed E-state index contributed by atoms with van der Waals surface area (Å²) in [5.74, 6) is 1.04. The van der Waals surface area contributed by atoms with E-state index in [2.05, 4.69) is 4.99 Å². The van der Waals surface area contributed by atoms with Gasteiger partial charge in [0.25, 0.3) is 0 Å². The van der Waals surface area contributed by atoms with Crippen LogP contribution in [0.4, 0.5) is 5.69 Å². The highest BCUT2D eigenvalue weighted by Crippen LogP contribution is 2.30. The fourth-order valence-corrected chi connectivity index (χ4v) is 1.41. The van der Waals surface area contributed by atoms with Crippen molar-refractivity contribution in [1.82, 2.24) is 0 Å². The Kier molecular flexibility index (Phi) is 3.50. The molecular formula is C14H8N2O2. The summed E-state index contributed by atoms with van der Waals surface area (Å²) in [6.45, 7) is 0. The molecule has 0 saturated heterocycles. The van der Waals surface area contributed by atoms with Crippen LogP contribution < -0.4 is 4.74 Å². The second-order valence-electron chi connectivity index (χ2n) is 3.41. The first-order valence-electron chi connectivity index (χ1n) is 5.18. The maximum Gasteiger partial charge on any atom is 0.240 e. The standard InChI is InChI=1S/C14H8N2O2/c15-9-11-5-7-12(8-6-11)18-14-4-2-1-3-13(14)16-10-17/h1-8H. The number of rotatable bonds is 3. The molecule has 0 fully saturated rings. The lowest BCUT2D eigenvalue weighted by atomic mass is 10.2. The van der Waals surface area contributed by atoms with Crippen LogP contribution in [0.2, 0.25) is 0 Å². The Balaban J connectivity index is 2.28. The van der Waals surface area contributed by atoms with Gasteiger partial charge < -0.3 is 4.74 Å². The molecule has 86 valence electrons. The van der Waals surface area contributed by atoms with Gasteiger partial charge in [-0.3, -0.25) is 0 Å². The molecule has 0 saturated carbocycles. The molecule has 0 spiro atoms. The van der Waals surface area contributed by atoms with Gasteiger partial charge >= 0.3 is 0 Å². The molecule has 0 N–H and O–H groups in total. The van der Waals surface area contributed by atoms with Crippen molar-refractivity contribution in [2.24, 2.45) is 4.99 Å². The summed E-state index contributed by atoms with van der Waals surface area (Å²) >= 11 is 0. The van der Waals surface area contributed by atoms with Gasteiger partial charge in [0.15, 0.2) is 5.75 Å². The predicted octanol–water partition coefficient (Wildman–Crippen LogP) is 3.32. The summed E-state index contributed by atoms with van der Waals surface area (Å²) in [6, 6.07) is 15.6. The lowest BCUT2D eigenvalue weighted by molar-refractivity contribution is 0.483. The summed E-state index contributed by atoms with van der Waals surface area (Å²) < 4.78 is 5.58. The van der Waals surface area contributed by atoms with Gasteiger partial charge in [-0.15, -0.1) is 0 Å². The first kappa shape index (κ1) is 11.6. The van der Waals surface area contributed by atoms with Crippen LogP contribution in [0, 0.1) is 11.3 Å². The van der Waals surface area contributed by atoms with E-state index in [-0.39, 0.29) is 0 Å². The molecule has 2 aromatic rings. The molecule has 18 heavy (non-hydrogen) atoms. The number of ether oxygens (including phenoxy) is 1. The van der Waals surface area contributed by atoms with Crippen molar-refractivity contribution in [3.63, 3.8) is 0 Å². The number of para-hydroxylation sites is 2. The van der Waals surface area contributed by atoms with Gasteiger partial charge in [0, 0.05) is 0 Å². The molecular weight excluding hydrogens is 228 g/mol. The van der Waals surface area contributed by atoms with Crippen molar-refractivity contribution < 1.29 is 9.53 Å². The smallest absolute Gasteiger partial charge is 0.240 e. The van der Waals surface area contributed by atoms with Crippen LogP contribution in [0.5, 0.6) is 11.5 Å². The van der Waals surface area contributed by atoms with Gasteiger partial charge in [0.05, 0.1) is 11.6 Å². The molecule has 2 aromatic carbocycles. The van der Waals surface area contributed by atoms with Crippen LogP contribution in [0.1, 0.15) is 5.56 Å². The highest BCUT2D eigenvalue weighted by Gasteiger charge is 2.03. The normalized spacial score (nSPS) is 9.06. The minimum Gasteiger partial charge on any atom is -0.455 e. The fraction of sp³-hybridized carbons (Fsp3) is 0. The molecule has 0 amide bonds. The minimum atomic E-state index is 0.414. The third-order valence-electron chi connectivity index (χ3n) is 2.24. The number of benzene rings is 2. The van der Waals surface area contributed by atoms with E-state index in [9.17, 15) is 4.79 Å². The van der Waals surface area contributed by atoms with Crippen molar-refractivity contribution in [2.45, 2.75) is 0 Å². The Bertz CT molecular complexity index is 636. The van der Waals surface area contributed by atoms with Gasteiger partial charge in [-0.1, -0.05) is 12.1 Å². The van der Waals surface area contributed by atoms with Crippen LogP contribution in [0.3, 0.4) is 0 Å². The van der Waals surface area contributed by atoms with Crippen molar-refractivity contribution >= 4 is 11.8 Å². The van der Waals surface area contributed by atoms with E-state index in [0.717, 1.165) is 0 Å². The molecule has 2 rings (SSSR count). The second-order valence-corrected chi connectivity index (χ2v) is 3.41. The molecule has 0 aliphatic carbocycles. The second kappa shape index (κ2) is 5.44. The molecule has 0 aromatic heterocycles. The van der Waals surface area contributed by atoms with E-state index in [0.29, 0.717) is 22.7 Å². The van der Waals surface area contributed by atoms with E-state index < -0.39 is 0 Å². The summed E-state index contributed by atoms with van der Waals surface area (Å²) in [7, 11) is 0. The zero-order valence-corrected chi connectivity index (χ0v) is 9.33. The third-order valence-corrected chi connectivity index (χ3v) is 2.24. The quantitative estimate of drug-likeness (QED) is 0.606. The molecule has 0 radical (unpaired) electrons. The van der Waals surface area contributed by atoms with Crippen molar-refractivity contribution in [3.05, 3.63) is 54.1 Å². The Morgan fingerprint density at radius 3 is 2.44 bits per heavy atom. The average molecular weight is 236 g/mol. The zero-order valence-electron chi connectivity index (χ0n) is 9.33. The van der Waals surface area contributed by atoms with Crippen LogP contribution in [0.25, 0.3) is 0 Å². The van der Waals surface area contributed by atoms with Gasteiger partial charge in [-0.25, -0.2) is 4.79 Å². The maximum atomic E-state index is 10.3. The maximum absolute atomic E-state index is 10.3. The van der Waals surface area contributed by atoms with E-state index >= 15 is 0 Å². The predicted molar refractivity (Wildman–Crippen MR) is 65.5 cm³/mol. The summed E-state index contributed by atoms with van der Waals surface area (Å²) in [5, 5.41) is 8.68. The molecule has 0 unspecified atom stereocenters. The lowest BCUT2D eigenvalue weighted by Gasteiger charge is -2.07. The molecule has 4 heteroatoms. The van der Waals surface area contributed by atoms with Crippen molar-refractivity contribution in [1.29, 1.82) is 5.26 Å². The first-order valence-corrected chi connectivity index (χ1v) is 5.18. The Hall–Kier alpha value is -2.89. The Labute approximate surface area is 104 Å². The number of carbonyl (C=O) groups excluding carboxylic acids is 1. The number of aliphatic imine (C=N–C) groups is 1. The lowest BCUT2D eigenvalue weighted by Crippen LogP contribution is -1.84. The van der Waals surface area contributed by atoms with Crippen LogP contribution in [0.15, 0.2) is 53.5 Å². The minimum absolute atomic E-state index is 0.414. The monoisotopic (exact) mass is 236 g/mol. The SMILES string of the molecule is N#Cc1ccc(Oc2ccccc2N=C=O)cc1. The van der Waals surface area contributed by atoms with Crippen LogP contribution in [-0.4, -0.2) is 6.08 Å². The topological polar surface area (TPSA) is 62.4 Å². The first-order chi connectivity index (χ1) is 8.83. The molecule has 0 bridgehead atoms. The number of nitriles is 1. The number of hydrogen-bond donors (Lipinski definition) is 0. The van der Waals surface area contributed by atoms with Gasteiger partial charge in [-0.2, -0.15) is 10.3 Å². The molecule has 0 heterocycles.